The number of thiazole rings is 1. The number of nitrogens with one attached hydrogen (secondary N) is 1. The van der Waals surface area contributed by atoms with Crippen LogP contribution in [0.5, 0.6) is 0 Å². The number of carbonyl (C=O) groups is 1. The minimum atomic E-state index is 0.00189. The average molecular weight is 332 g/mol. The molecule has 23 heavy (non-hydrogen) atoms. The Morgan fingerprint density at radius 3 is 2.87 bits per heavy atom. The first kappa shape index (κ1) is 15.7. The second-order valence-electron chi connectivity index (χ2n) is 5.41. The third-order valence-corrected chi connectivity index (χ3v) is 4.63. The van der Waals surface area contributed by atoms with E-state index in [1.165, 1.54) is 0 Å². The molecular formula is C15H20N6OS. The number of aromatic nitrogens is 5. The van der Waals surface area contributed by atoms with Crippen molar-refractivity contribution in [1.29, 1.82) is 0 Å². The fourth-order valence-electron chi connectivity index (χ4n) is 2.58. The quantitative estimate of drug-likeness (QED) is 0.749. The smallest absolute Gasteiger partial charge is 0.222 e. The third kappa shape index (κ3) is 3.26. The summed E-state index contributed by atoms with van der Waals surface area (Å²) in [7, 11) is 0. The molecule has 122 valence electrons. The Morgan fingerprint density at radius 1 is 1.35 bits per heavy atom. The fourth-order valence-corrected chi connectivity index (χ4v) is 3.29. The maximum Gasteiger partial charge on any atom is 0.222 e. The number of hydrogen-bond acceptors (Lipinski definition) is 5. The predicted octanol–water partition coefficient (Wildman–Crippen LogP) is 2.03. The summed E-state index contributed by atoms with van der Waals surface area (Å²) < 4.78 is 3.79. The van der Waals surface area contributed by atoms with Gasteiger partial charge in [0.05, 0.1) is 25.0 Å². The average Bonchev–Trinajstić information content (AvgIpc) is 3.21. The highest BCUT2D eigenvalue weighted by molar-refractivity contribution is 7.09. The maximum atomic E-state index is 12.0. The molecule has 0 radical (unpaired) electrons. The molecule has 3 heterocycles. The number of aryl methyl sites for hydroxylation is 4. The van der Waals surface area contributed by atoms with Gasteiger partial charge < -0.3 is 5.32 Å². The highest BCUT2D eigenvalue weighted by Crippen LogP contribution is 2.18. The summed E-state index contributed by atoms with van der Waals surface area (Å²) in [4.78, 5) is 16.3. The van der Waals surface area contributed by atoms with E-state index in [2.05, 4.69) is 27.4 Å². The summed E-state index contributed by atoms with van der Waals surface area (Å²) in [6.45, 7) is 7.81. The van der Waals surface area contributed by atoms with Crippen LogP contribution in [0.3, 0.4) is 0 Å². The summed E-state index contributed by atoms with van der Waals surface area (Å²) >= 11 is 1.56. The topological polar surface area (TPSA) is 77.6 Å². The Hall–Kier alpha value is -2.22. The van der Waals surface area contributed by atoms with Crippen LogP contribution in [0.2, 0.25) is 0 Å². The number of hydrogen-bond donors (Lipinski definition) is 1. The number of carbonyl (C=O) groups excluding carboxylic acids is 1. The summed E-state index contributed by atoms with van der Waals surface area (Å²) in [5.74, 6) is 0.00189. The minimum Gasteiger partial charge on any atom is -0.350 e. The van der Waals surface area contributed by atoms with Gasteiger partial charge in [0, 0.05) is 24.0 Å². The van der Waals surface area contributed by atoms with E-state index in [1.807, 2.05) is 34.8 Å². The summed E-state index contributed by atoms with van der Waals surface area (Å²) in [6, 6.07) is 0. The van der Waals surface area contributed by atoms with Gasteiger partial charge >= 0.3 is 0 Å². The second-order valence-corrected chi connectivity index (χ2v) is 6.35. The predicted molar refractivity (Wildman–Crippen MR) is 89.2 cm³/mol. The minimum absolute atomic E-state index is 0.00189. The van der Waals surface area contributed by atoms with Crippen molar-refractivity contribution in [1.82, 2.24) is 29.9 Å². The zero-order valence-electron chi connectivity index (χ0n) is 13.5. The largest absolute Gasteiger partial charge is 0.350 e. The fraction of sp³-hybridized carbons (Fsp3) is 0.467. The Balaban J connectivity index is 1.59. The molecule has 1 N–H and O–H groups in total. The molecule has 7 nitrogen and oxygen atoms in total. The SMILES string of the molecule is CCn1nc(C)c2c1cnn2CCC(=O)NCc1nc(C)cs1. The van der Waals surface area contributed by atoms with Crippen LogP contribution in [0.1, 0.15) is 29.7 Å². The van der Waals surface area contributed by atoms with Crippen LogP contribution in [-0.4, -0.2) is 30.5 Å². The van der Waals surface area contributed by atoms with Gasteiger partial charge in [-0.25, -0.2) is 4.98 Å². The molecule has 0 bridgehead atoms. The molecule has 8 heteroatoms. The summed E-state index contributed by atoms with van der Waals surface area (Å²) in [5.41, 5.74) is 3.96. The Labute approximate surface area is 138 Å². The van der Waals surface area contributed by atoms with E-state index in [-0.39, 0.29) is 5.91 Å². The lowest BCUT2D eigenvalue weighted by Gasteiger charge is -2.04. The van der Waals surface area contributed by atoms with Gasteiger partial charge in [0.15, 0.2) is 0 Å². The van der Waals surface area contributed by atoms with E-state index in [0.717, 1.165) is 34.0 Å². The van der Waals surface area contributed by atoms with Crippen molar-refractivity contribution in [3.8, 4) is 0 Å². The standard InChI is InChI=1S/C15H20N6OS/c1-4-20-12-7-17-21(15(12)11(3)19-20)6-5-13(22)16-8-14-18-10(2)9-23-14/h7,9H,4-6,8H2,1-3H3,(H,16,22). The van der Waals surface area contributed by atoms with E-state index in [9.17, 15) is 4.79 Å². The van der Waals surface area contributed by atoms with Gasteiger partial charge in [-0.3, -0.25) is 14.2 Å². The van der Waals surface area contributed by atoms with E-state index in [4.69, 9.17) is 0 Å². The van der Waals surface area contributed by atoms with Gasteiger partial charge in [-0.1, -0.05) is 0 Å². The van der Waals surface area contributed by atoms with Gasteiger partial charge in [-0.05, 0) is 20.8 Å². The van der Waals surface area contributed by atoms with Gasteiger partial charge in [0.25, 0.3) is 0 Å². The maximum absolute atomic E-state index is 12.0. The lowest BCUT2D eigenvalue weighted by Crippen LogP contribution is -2.24. The molecule has 0 aliphatic heterocycles. The van der Waals surface area contributed by atoms with Crippen molar-refractivity contribution in [3.05, 3.63) is 28.0 Å². The molecule has 0 saturated carbocycles. The first-order valence-electron chi connectivity index (χ1n) is 7.65. The number of rotatable bonds is 6. The van der Waals surface area contributed by atoms with Crippen LogP contribution in [-0.2, 0) is 24.4 Å². The van der Waals surface area contributed by atoms with Gasteiger partial charge in [0.1, 0.15) is 16.0 Å². The molecule has 0 aliphatic carbocycles. The van der Waals surface area contributed by atoms with Crippen molar-refractivity contribution < 1.29 is 4.79 Å². The molecule has 1 amide bonds. The molecule has 3 rings (SSSR count). The Bertz CT molecular complexity index is 830. The summed E-state index contributed by atoms with van der Waals surface area (Å²) in [5, 5.41) is 14.7. The molecule has 0 aromatic carbocycles. The van der Waals surface area contributed by atoms with Crippen LogP contribution in [0.25, 0.3) is 11.0 Å². The molecule has 0 aliphatic rings. The van der Waals surface area contributed by atoms with Crippen LogP contribution < -0.4 is 5.32 Å². The molecule has 0 unspecified atom stereocenters. The van der Waals surface area contributed by atoms with Crippen LogP contribution in [0.15, 0.2) is 11.6 Å². The number of fused-ring (bicyclic) bond motifs is 1. The van der Waals surface area contributed by atoms with Gasteiger partial charge in [-0.2, -0.15) is 10.2 Å². The molecule has 0 fully saturated rings. The first-order chi connectivity index (χ1) is 11.1. The van der Waals surface area contributed by atoms with E-state index < -0.39 is 0 Å². The van der Waals surface area contributed by atoms with Crippen molar-refractivity contribution in [2.45, 2.75) is 46.8 Å². The summed E-state index contributed by atoms with van der Waals surface area (Å²) in [6.07, 6.45) is 2.20. The van der Waals surface area contributed by atoms with Gasteiger partial charge in [-0.15, -0.1) is 11.3 Å². The number of nitrogens with zero attached hydrogens (tertiary/aromatic N) is 5. The van der Waals surface area contributed by atoms with Crippen molar-refractivity contribution >= 4 is 28.3 Å². The third-order valence-electron chi connectivity index (χ3n) is 3.67. The number of amides is 1. The molecule has 0 spiro atoms. The van der Waals surface area contributed by atoms with Crippen molar-refractivity contribution in [3.63, 3.8) is 0 Å². The molecule has 3 aromatic rings. The van der Waals surface area contributed by atoms with Crippen LogP contribution in [0, 0.1) is 13.8 Å². The van der Waals surface area contributed by atoms with E-state index in [0.29, 0.717) is 19.5 Å². The second kappa shape index (κ2) is 6.49. The van der Waals surface area contributed by atoms with Crippen LogP contribution in [0.4, 0.5) is 0 Å². The molecule has 0 atom stereocenters. The van der Waals surface area contributed by atoms with Crippen LogP contribution >= 0.6 is 11.3 Å². The normalized spacial score (nSPS) is 11.3. The zero-order valence-corrected chi connectivity index (χ0v) is 14.4. The monoisotopic (exact) mass is 332 g/mol. The first-order valence-corrected chi connectivity index (χ1v) is 8.53. The lowest BCUT2D eigenvalue weighted by molar-refractivity contribution is -0.121. The van der Waals surface area contributed by atoms with E-state index >= 15 is 0 Å². The molecule has 0 saturated heterocycles. The van der Waals surface area contributed by atoms with E-state index in [1.54, 1.807) is 11.3 Å². The van der Waals surface area contributed by atoms with Crippen molar-refractivity contribution in [2.75, 3.05) is 0 Å². The van der Waals surface area contributed by atoms with Gasteiger partial charge in [0.2, 0.25) is 5.91 Å². The highest BCUT2D eigenvalue weighted by Gasteiger charge is 2.13. The zero-order chi connectivity index (χ0) is 16.4. The molecular weight excluding hydrogens is 312 g/mol. The Kier molecular flexibility index (Phi) is 4.42. The molecule has 3 aromatic heterocycles. The lowest BCUT2D eigenvalue weighted by atomic mass is 10.3. The highest BCUT2D eigenvalue weighted by atomic mass is 32.1. The van der Waals surface area contributed by atoms with Crippen molar-refractivity contribution in [2.24, 2.45) is 0 Å². The Morgan fingerprint density at radius 2 is 2.17 bits per heavy atom.